The van der Waals surface area contributed by atoms with Crippen LogP contribution in [0.25, 0.3) is 0 Å². The topological polar surface area (TPSA) is 118 Å². The molecular formula is C21H19N3O5S. The third-order valence-corrected chi connectivity index (χ3v) is 5.86. The highest BCUT2D eigenvalue weighted by Gasteiger charge is 2.17. The van der Waals surface area contributed by atoms with Gasteiger partial charge in [-0.1, -0.05) is 29.8 Å². The predicted molar refractivity (Wildman–Crippen MR) is 114 cm³/mol. The number of nitro groups is 1. The summed E-state index contributed by atoms with van der Waals surface area (Å²) in [6.45, 7) is 3.40. The number of hydrogen-bond acceptors (Lipinski definition) is 5. The number of nitrogens with zero attached hydrogens (tertiary/aromatic N) is 1. The van der Waals surface area contributed by atoms with E-state index in [-0.39, 0.29) is 21.8 Å². The van der Waals surface area contributed by atoms with Crippen molar-refractivity contribution in [2.45, 2.75) is 18.7 Å². The van der Waals surface area contributed by atoms with Crippen molar-refractivity contribution in [3.63, 3.8) is 0 Å². The lowest BCUT2D eigenvalue weighted by Crippen LogP contribution is -2.15. The third kappa shape index (κ3) is 4.64. The highest BCUT2D eigenvalue weighted by atomic mass is 32.2. The zero-order chi connectivity index (χ0) is 21.9. The summed E-state index contributed by atoms with van der Waals surface area (Å²) in [5.41, 5.74) is 1.88. The van der Waals surface area contributed by atoms with Crippen LogP contribution in [-0.4, -0.2) is 19.2 Å². The fourth-order valence-corrected chi connectivity index (χ4v) is 3.86. The van der Waals surface area contributed by atoms with Gasteiger partial charge in [0, 0.05) is 17.3 Å². The molecule has 30 heavy (non-hydrogen) atoms. The monoisotopic (exact) mass is 425 g/mol. The number of sulfonamides is 1. The lowest BCUT2D eigenvalue weighted by molar-refractivity contribution is -0.385. The predicted octanol–water partition coefficient (Wildman–Crippen LogP) is 4.26. The molecule has 3 aromatic rings. The second-order valence-corrected chi connectivity index (χ2v) is 8.34. The lowest BCUT2D eigenvalue weighted by Gasteiger charge is -2.11. The fourth-order valence-electron chi connectivity index (χ4n) is 2.81. The second-order valence-electron chi connectivity index (χ2n) is 6.66. The van der Waals surface area contributed by atoms with Gasteiger partial charge in [-0.25, -0.2) is 8.42 Å². The normalized spacial score (nSPS) is 11.0. The fraction of sp³-hybridized carbons (Fsp3) is 0.0952. The molecule has 0 unspecified atom stereocenters. The minimum Gasteiger partial charge on any atom is -0.321 e. The van der Waals surface area contributed by atoms with Gasteiger partial charge in [-0.3, -0.25) is 19.6 Å². The van der Waals surface area contributed by atoms with E-state index in [0.717, 1.165) is 5.56 Å². The number of aryl methyl sites for hydroxylation is 1. The van der Waals surface area contributed by atoms with Gasteiger partial charge in [0.05, 0.1) is 21.1 Å². The molecule has 8 nitrogen and oxygen atoms in total. The second kappa shape index (κ2) is 8.34. The van der Waals surface area contributed by atoms with Crippen LogP contribution in [0.15, 0.2) is 71.6 Å². The molecule has 2 N–H and O–H groups in total. The van der Waals surface area contributed by atoms with Crippen molar-refractivity contribution in [1.29, 1.82) is 0 Å². The standard InChI is InChI=1S/C21H19N3O5S/c1-14-9-11-18(12-10-14)30(28,29)23-17-6-3-5-16(13-17)21(25)22-19-7-4-8-20(15(19)2)24(26)27/h3-13,23H,1-2H3,(H,22,25). The van der Waals surface area contributed by atoms with Crippen LogP contribution in [0.4, 0.5) is 17.1 Å². The van der Waals surface area contributed by atoms with E-state index in [2.05, 4.69) is 10.0 Å². The van der Waals surface area contributed by atoms with E-state index >= 15 is 0 Å². The van der Waals surface area contributed by atoms with Crippen molar-refractivity contribution in [1.82, 2.24) is 0 Å². The third-order valence-electron chi connectivity index (χ3n) is 4.46. The summed E-state index contributed by atoms with van der Waals surface area (Å²) in [6.07, 6.45) is 0. The first-order valence-electron chi connectivity index (χ1n) is 8.92. The molecule has 0 aliphatic heterocycles. The smallest absolute Gasteiger partial charge is 0.274 e. The van der Waals surface area contributed by atoms with E-state index in [1.807, 2.05) is 6.92 Å². The number of benzene rings is 3. The minimum absolute atomic E-state index is 0.104. The number of nitro benzene ring substituents is 1. The molecule has 0 saturated heterocycles. The van der Waals surface area contributed by atoms with E-state index in [9.17, 15) is 23.3 Å². The van der Waals surface area contributed by atoms with Gasteiger partial charge in [0.1, 0.15) is 0 Å². The molecule has 0 atom stereocenters. The Balaban J connectivity index is 1.82. The molecule has 0 aliphatic carbocycles. The molecule has 154 valence electrons. The molecule has 0 aliphatic rings. The Morgan fingerprint density at radius 3 is 2.30 bits per heavy atom. The van der Waals surface area contributed by atoms with Crippen molar-refractivity contribution >= 4 is 33.0 Å². The van der Waals surface area contributed by atoms with Crippen LogP contribution in [0.1, 0.15) is 21.5 Å². The van der Waals surface area contributed by atoms with Gasteiger partial charge < -0.3 is 5.32 Å². The summed E-state index contributed by atoms with van der Waals surface area (Å²) in [7, 11) is -3.81. The Kier molecular flexibility index (Phi) is 5.84. The van der Waals surface area contributed by atoms with E-state index in [4.69, 9.17) is 0 Å². The highest BCUT2D eigenvalue weighted by molar-refractivity contribution is 7.92. The zero-order valence-electron chi connectivity index (χ0n) is 16.2. The average Bonchev–Trinajstić information content (AvgIpc) is 2.69. The molecule has 0 aromatic heterocycles. The van der Waals surface area contributed by atoms with Crippen molar-refractivity contribution in [2.75, 3.05) is 10.0 Å². The van der Waals surface area contributed by atoms with Crippen LogP contribution in [0.3, 0.4) is 0 Å². The Labute approximate surface area is 173 Å². The molecular weight excluding hydrogens is 406 g/mol. The van der Waals surface area contributed by atoms with Crippen LogP contribution >= 0.6 is 0 Å². The first-order chi connectivity index (χ1) is 14.2. The van der Waals surface area contributed by atoms with E-state index < -0.39 is 20.9 Å². The number of rotatable bonds is 6. The van der Waals surface area contributed by atoms with Crippen LogP contribution < -0.4 is 10.0 Å². The van der Waals surface area contributed by atoms with E-state index in [0.29, 0.717) is 11.3 Å². The molecule has 0 spiro atoms. The molecule has 0 bridgehead atoms. The summed E-state index contributed by atoms with van der Waals surface area (Å²) in [6, 6.07) is 16.8. The Morgan fingerprint density at radius 2 is 1.63 bits per heavy atom. The van der Waals surface area contributed by atoms with Gasteiger partial charge in [0.2, 0.25) is 0 Å². The number of anilines is 2. The lowest BCUT2D eigenvalue weighted by atomic mass is 10.1. The SMILES string of the molecule is Cc1ccc(S(=O)(=O)Nc2cccc(C(=O)Nc3cccc([N+](=O)[O-])c3C)c2)cc1. The number of nitrogens with one attached hydrogen (secondary N) is 2. The van der Waals surface area contributed by atoms with E-state index in [1.165, 1.54) is 42.5 Å². The summed E-state index contributed by atoms with van der Waals surface area (Å²) in [4.78, 5) is 23.3. The Bertz CT molecular complexity index is 1220. The maximum Gasteiger partial charge on any atom is 0.274 e. The van der Waals surface area contributed by atoms with Gasteiger partial charge in [-0.2, -0.15) is 0 Å². The van der Waals surface area contributed by atoms with E-state index in [1.54, 1.807) is 31.2 Å². The maximum absolute atomic E-state index is 12.6. The van der Waals surface area contributed by atoms with Gasteiger partial charge in [-0.05, 0) is 50.2 Å². The molecule has 9 heteroatoms. The molecule has 0 radical (unpaired) electrons. The van der Waals surface area contributed by atoms with Crippen LogP contribution in [0, 0.1) is 24.0 Å². The number of carbonyl (C=O) groups is 1. The maximum atomic E-state index is 12.6. The molecule has 0 fully saturated rings. The average molecular weight is 425 g/mol. The van der Waals surface area contributed by atoms with Crippen molar-refractivity contribution in [2.24, 2.45) is 0 Å². The van der Waals surface area contributed by atoms with Gasteiger partial charge in [-0.15, -0.1) is 0 Å². The Hall–Kier alpha value is -3.72. The van der Waals surface area contributed by atoms with Crippen LogP contribution in [0.5, 0.6) is 0 Å². The Morgan fingerprint density at radius 1 is 0.967 bits per heavy atom. The number of amides is 1. The highest BCUT2D eigenvalue weighted by Crippen LogP contribution is 2.26. The minimum atomic E-state index is -3.81. The largest absolute Gasteiger partial charge is 0.321 e. The molecule has 0 saturated carbocycles. The van der Waals surface area contributed by atoms with Crippen molar-refractivity contribution in [3.8, 4) is 0 Å². The molecule has 0 heterocycles. The van der Waals surface area contributed by atoms with Crippen LogP contribution in [-0.2, 0) is 10.0 Å². The van der Waals surface area contributed by atoms with Crippen molar-refractivity contribution in [3.05, 3.63) is 93.5 Å². The first kappa shape index (κ1) is 21.0. The summed E-state index contributed by atoms with van der Waals surface area (Å²) in [5, 5.41) is 13.7. The van der Waals surface area contributed by atoms with Gasteiger partial charge in [0.15, 0.2) is 0 Å². The summed E-state index contributed by atoms with van der Waals surface area (Å²) >= 11 is 0. The summed E-state index contributed by atoms with van der Waals surface area (Å²) < 4.78 is 27.6. The van der Waals surface area contributed by atoms with Crippen LogP contribution in [0.2, 0.25) is 0 Å². The number of carbonyl (C=O) groups excluding carboxylic acids is 1. The number of hydrogen-bond donors (Lipinski definition) is 2. The van der Waals surface area contributed by atoms with Gasteiger partial charge in [0.25, 0.3) is 21.6 Å². The summed E-state index contributed by atoms with van der Waals surface area (Å²) in [5.74, 6) is -0.519. The first-order valence-corrected chi connectivity index (χ1v) is 10.4. The van der Waals surface area contributed by atoms with Gasteiger partial charge >= 0.3 is 0 Å². The molecule has 3 rings (SSSR count). The molecule has 1 amide bonds. The molecule has 3 aromatic carbocycles. The quantitative estimate of drug-likeness (QED) is 0.452. The zero-order valence-corrected chi connectivity index (χ0v) is 17.1. The van der Waals surface area contributed by atoms with Crippen molar-refractivity contribution < 1.29 is 18.1 Å².